The summed E-state index contributed by atoms with van der Waals surface area (Å²) in [5.74, 6) is 1.56. The molecule has 1 aliphatic carbocycles. The molecule has 4 heteroatoms. The molecule has 1 saturated carbocycles. The van der Waals surface area contributed by atoms with Crippen molar-refractivity contribution in [1.82, 2.24) is 5.32 Å². The molecule has 0 radical (unpaired) electrons. The Morgan fingerprint density at radius 3 is 3.00 bits per heavy atom. The highest BCUT2D eigenvalue weighted by atomic mass is 16.5. The SMILES string of the molecule is Cc1cccc(OCC(O)CNC2CCOC2C2CC2)c1. The van der Waals surface area contributed by atoms with Gasteiger partial charge in [0.1, 0.15) is 18.5 Å². The number of aliphatic hydroxyl groups excluding tert-OH is 1. The van der Waals surface area contributed by atoms with Crippen molar-refractivity contribution in [1.29, 1.82) is 0 Å². The van der Waals surface area contributed by atoms with Crippen LogP contribution in [0.4, 0.5) is 0 Å². The Kier molecular flexibility index (Phi) is 4.78. The second kappa shape index (κ2) is 6.77. The van der Waals surface area contributed by atoms with Crippen LogP contribution < -0.4 is 10.1 Å². The fourth-order valence-corrected chi connectivity index (χ4v) is 2.96. The van der Waals surface area contributed by atoms with Gasteiger partial charge < -0.3 is 19.9 Å². The van der Waals surface area contributed by atoms with Crippen molar-refractivity contribution < 1.29 is 14.6 Å². The van der Waals surface area contributed by atoms with Crippen LogP contribution in [0, 0.1) is 12.8 Å². The fraction of sp³-hybridized carbons (Fsp3) is 0.647. The maximum atomic E-state index is 10.1. The predicted octanol–water partition coefficient (Wildman–Crippen LogP) is 1.89. The monoisotopic (exact) mass is 291 g/mol. The summed E-state index contributed by atoms with van der Waals surface area (Å²) in [6, 6.07) is 8.29. The summed E-state index contributed by atoms with van der Waals surface area (Å²) in [7, 11) is 0. The summed E-state index contributed by atoms with van der Waals surface area (Å²) in [5, 5.41) is 13.5. The lowest BCUT2D eigenvalue weighted by atomic mass is 10.1. The molecule has 3 atom stereocenters. The number of hydrogen-bond donors (Lipinski definition) is 2. The number of aryl methyl sites for hydroxylation is 1. The average molecular weight is 291 g/mol. The molecule has 116 valence electrons. The van der Waals surface area contributed by atoms with Gasteiger partial charge in [0, 0.05) is 19.2 Å². The number of nitrogens with one attached hydrogen (secondary N) is 1. The highest BCUT2D eigenvalue weighted by Gasteiger charge is 2.40. The summed E-state index contributed by atoms with van der Waals surface area (Å²) in [5.41, 5.74) is 1.16. The van der Waals surface area contributed by atoms with E-state index < -0.39 is 6.10 Å². The topological polar surface area (TPSA) is 50.7 Å². The third kappa shape index (κ3) is 4.19. The molecule has 2 N–H and O–H groups in total. The molecule has 3 rings (SSSR count). The maximum Gasteiger partial charge on any atom is 0.119 e. The van der Waals surface area contributed by atoms with Gasteiger partial charge in [0.25, 0.3) is 0 Å². The van der Waals surface area contributed by atoms with E-state index in [2.05, 4.69) is 5.32 Å². The van der Waals surface area contributed by atoms with Gasteiger partial charge in [0.05, 0.1) is 6.10 Å². The van der Waals surface area contributed by atoms with Crippen molar-refractivity contribution in [3.05, 3.63) is 29.8 Å². The minimum absolute atomic E-state index is 0.318. The van der Waals surface area contributed by atoms with Crippen molar-refractivity contribution in [2.45, 2.75) is 44.4 Å². The highest BCUT2D eigenvalue weighted by molar-refractivity contribution is 5.27. The molecule has 0 amide bonds. The van der Waals surface area contributed by atoms with E-state index >= 15 is 0 Å². The van der Waals surface area contributed by atoms with E-state index in [0.717, 1.165) is 30.3 Å². The Labute approximate surface area is 126 Å². The molecular formula is C17H25NO3. The second-order valence-corrected chi connectivity index (χ2v) is 6.26. The third-order valence-corrected chi connectivity index (χ3v) is 4.27. The molecule has 3 unspecified atom stereocenters. The van der Waals surface area contributed by atoms with Gasteiger partial charge in [-0.2, -0.15) is 0 Å². The lowest BCUT2D eigenvalue weighted by Crippen LogP contribution is -2.42. The van der Waals surface area contributed by atoms with E-state index in [1.165, 1.54) is 12.8 Å². The van der Waals surface area contributed by atoms with Crippen LogP contribution >= 0.6 is 0 Å². The number of hydrogen-bond acceptors (Lipinski definition) is 4. The third-order valence-electron chi connectivity index (χ3n) is 4.27. The van der Waals surface area contributed by atoms with Gasteiger partial charge in [-0.1, -0.05) is 12.1 Å². The van der Waals surface area contributed by atoms with Crippen LogP contribution in [0.25, 0.3) is 0 Å². The second-order valence-electron chi connectivity index (χ2n) is 6.26. The standard InChI is InChI=1S/C17H25NO3/c1-12-3-2-4-15(9-12)21-11-14(19)10-18-16-7-8-20-17(16)13-5-6-13/h2-4,9,13-14,16-19H,5-8,10-11H2,1H3. The zero-order valence-corrected chi connectivity index (χ0v) is 12.6. The van der Waals surface area contributed by atoms with E-state index in [9.17, 15) is 5.11 Å². The van der Waals surface area contributed by atoms with Gasteiger partial charge in [0.2, 0.25) is 0 Å². The van der Waals surface area contributed by atoms with Crippen LogP contribution in [-0.2, 0) is 4.74 Å². The Morgan fingerprint density at radius 2 is 2.24 bits per heavy atom. The Morgan fingerprint density at radius 1 is 1.38 bits per heavy atom. The summed E-state index contributed by atoms with van der Waals surface area (Å²) in [4.78, 5) is 0. The molecular weight excluding hydrogens is 266 g/mol. The van der Waals surface area contributed by atoms with Gasteiger partial charge in [0.15, 0.2) is 0 Å². The molecule has 1 aromatic rings. The Hall–Kier alpha value is -1.10. The van der Waals surface area contributed by atoms with E-state index in [0.29, 0.717) is 25.3 Å². The minimum Gasteiger partial charge on any atom is -0.491 e. The van der Waals surface area contributed by atoms with Crippen molar-refractivity contribution in [3.8, 4) is 5.75 Å². The van der Waals surface area contributed by atoms with Crippen LogP contribution in [0.2, 0.25) is 0 Å². The summed E-state index contributed by atoms with van der Waals surface area (Å²) < 4.78 is 11.4. The molecule has 2 aliphatic rings. The van der Waals surface area contributed by atoms with Crippen molar-refractivity contribution >= 4 is 0 Å². The molecule has 1 aromatic carbocycles. The maximum absolute atomic E-state index is 10.1. The van der Waals surface area contributed by atoms with Gasteiger partial charge >= 0.3 is 0 Å². The molecule has 1 aliphatic heterocycles. The van der Waals surface area contributed by atoms with Crippen LogP contribution in [0.15, 0.2) is 24.3 Å². The predicted molar refractivity (Wildman–Crippen MR) is 81.6 cm³/mol. The zero-order valence-electron chi connectivity index (χ0n) is 12.6. The summed E-state index contributed by atoms with van der Waals surface area (Å²) in [6.45, 7) is 3.75. The van der Waals surface area contributed by atoms with E-state index in [1.54, 1.807) is 0 Å². The van der Waals surface area contributed by atoms with Gasteiger partial charge in [-0.25, -0.2) is 0 Å². The molecule has 0 aromatic heterocycles. The van der Waals surface area contributed by atoms with Crippen LogP contribution in [0.1, 0.15) is 24.8 Å². The van der Waals surface area contributed by atoms with E-state index in [-0.39, 0.29) is 0 Å². The fourth-order valence-electron chi connectivity index (χ4n) is 2.96. The van der Waals surface area contributed by atoms with Gasteiger partial charge in [-0.05, 0) is 49.8 Å². The number of aliphatic hydroxyl groups is 1. The van der Waals surface area contributed by atoms with Gasteiger partial charge in [-0.3, -0.25) is 0 Å². The average Bonchev–Trinajstić information content (AvgIpc) is 3.22. The normalized spacial score (nSPS) is 26.8. The Bertz CT molecular complexity index is 461. The molecule has 21 heavy (non-hydrogen) atoms. The molecule has 4 nitrogen and oxygen atoms in total. The first kappa shape index (κ1) is 14.8. The first-order valence-electron chi connectivity index (χ1n) is 7.95. The van der Waals surface area contributed by atoms with E-state index in [1.807, 2.05) is 31.2 Å². The molecule has 1 saturated heterocycles. The van der Waals surface area contributed by atoms with E-state index in [4.69, 9.17) is 9.47 Å². The zero-order chi connectivity index (χ0) is 14.7. The first-order valence-corrected chi connectivity index (χ1v) is 7.95. The number of ether oxygens (including phenoxy) is 2. The first-order chi connectivity index (χ1) is 10.2. The quantitative estimate of drug-likeness (QED) is 0.805. The molecule has 0 bridgehead atoms. The van der Waals surface area contributed by atoms with Crippen LogP contribution in [0.5, 0.6) is 5.75 Å². The minimum atomic E-state index is -0.494. The van der Waals surface area contributed by atoms with Crippen molar-refractivity contribution in [2.75, 3.05) is 19.8 Å². The number of benzene rings is 1. The van der Waals surface area contributed by atoms with Crippen molar-refractivity contribution in [2.24, 2.45) is 5.92 Å². The molecule has 2 fully saturated rings. The lowest BCUT2D eigenvalue weighted by Gasteiger charge is -2.21. The largest absolute Gasteiger partial charge is 0.491 e. The summed E-state index contributed by atoms with van der Waals surface area (Å²) in [6.07, 6.45) is 3.50. The highest BCUT2D eigenvalue weighted by Crippen LogP contribution is 2.38. The summed E-state index contributed by atoms with van der Waals surface area (Å²) >= 11 is 0. The van der Waals surface area contributed by atoms with Gasteiger partial charge in [-0.15, -0.1) is 0 Å². The molecule has 1 heterocycles. The van der Waals surface area contributed by atoms with Crippen LogP contribution in [-0.4, -0.2) is 43.1 Å². The Balaban J connectivity index is 1.39. The molecule has 0 spiro atoms. The van der Waals surface area contributed by atoms with Crippen molar-refractivity contribution in [3.63, 3.8) is 0 Å². The smallest absolute Gasteiger partial charge is 0.119 e. The number of rotatable bonds is 7. The lowest BCUT2D eigenvalue weighted by molar-refractivity contribution is 0.0706. The van der Waals surface area contributed by atoms with Crippen LogP contribution in [0.3, 0.4) is 0 Å².